The highest BCUT2D eigenvalue weighted by molar-refractivity contribution is 6.00. The van der Waals surface area contributed by atoms with Gasteiger partial charge in [-0.2, -0.15) is 0 Å². The van der Waals surface area contributed by atoms with Crippen molar-refractivity contribution in [1.82, 2.24) is 15.1 Å². The van der Waals surface area contributed by atoms with Crippen molar-refractivity contribution in [1.29, 1.82) is 0 Å². The Morgan fingerprint density at radius 2 is 1.63 bits per heavy atom. The Balaban J connectivity index is 0.00000342. The van der Waals surface area contributed by atoms with Crippen molar-refractivity contribution in [2.24, 2.45) is 5.92 Å². The summed E-state index contributed by atoms with van der Waals surface area (Å²) in [5.41, 5.74) is 0.507. The average Bonchev–Trinajstić information content (AvgIpc) is 2.83. The standard InChI is InChI=1S/C28H37N3O3.ClH/c1-4-16-31-26(32)25(19-21(2)3)29-27(33)28(31)14-17-30(18-15-28)20-22-10-12-24(13-11-22)34-23-8-6-5-7-9-23;/h5-13,21,25H,4,14-20H2,1-3H3,(H,29,33);1H. The third-order valence-corrected chi connectivity index (χ3v) is 6.95. The molecule has 6 nitrogen and oxygen atoms in total. The maximum atomic E-state index is 13.3. The van der Waals surface area contributed by atoms with Gasteiger partial charge in [-0.25, -0.2) is 0 Å². The second kappa shape index (κ2) is 11.9. The van der Waals surface area contributed by atoms with Gasteiger partial charge in [-0.1, -0.05) is 51.1 Å². The highest BCUT2D eigenvalue weighted by Crippen LogP contribution is 2.34. The van der Waals surface area contributed by atoms with Gasteiger partial charge in [-0.15, -0.1) is 12.4 Å². The number of piperazine rings is 1. The van der Waals surface area contributed by atoms with Gasteiger partial charge < -0.3 is 15.0 Å². The number of carbonyl (C=O) groups is 2. The van der Waals surface area contributed by atoms with Crippen LogP contribution in [0.5, 0.6) is 11.5 Å². The maximum Gasteiger partial charge on any atom is 0.246 e. The Bertz CT molecular complexity index is 973. The van der Waals surface area contributed by atoms with E-state index in [0.29, 0.717) is 31.7 Å². The molecule has 1 atom stereocenters. The largest absolute Gasteiger partial charge is 0.457 e. The molecular weight excluding hydrogens is 462 g/mol. The number of benzene rings is 2. The minimum Gasteiger partial charge on any atom is -0.457 e. The number of ether oxygens (including phenoxy) is 1. The van der Waals surface area contributed by atoms with Gasteiger partial charge in [-0.3, -0.25) is 14.5 Å². The lowest BCUT2D eigenvalue weighted by Gasteiger charge is -2.52. The Morgan fingerprint density at radius 3 is 2.23 bits per heavy atom. The fourth-order valence-electron chi connectivity index (χ4n) is 5.18. The maximum absolute atomic E-state index is 13.3. The van der Waals surface area contributed by atoms with E-state index in [2.05, 4.69) is 43.1 Å². The lowest BCUT2D eigenvalue weighted by atomic mass is 9.80. The van der Waals surface area contributed by atoms with Gasteiger partial charge >= 0.3 is 0 Å². The molecule has 2 aromatic rings. The molecule has 1 spiro atoms. The number of carbonyl (C=O) groups excluding carboxylic acids is 2. The fraction of sp³-hybridized carbons (Fsp3) is 0.500. The number of nitrogens with one attached hydrogen (secondary N) is 1. The number of amides is 2. The van der Waals surface area contributed by atoms with Gasteiger partial charge in [-0.05, 0) is 61.4 Å². The molecule has 7 heteroatoms. The molecule has 0 saturated carbocycles. The smallest absolute Gasteiger partial charge is 0.246 e. The van der Waals surface area contributed by atoms with Crippen molar-refractivity contribution in [3.63, 3.8) is 0 Å². The van der Waals surface area contributed by atoms with Gasteiger partial charge in [0.15, 0.2) is 0 Å². The number of piperidine rings is 1. The molecule has 1 unspecified atom stereocenters. The summed E-state index contributed by atoms with van der Waals surface area (Å²) in [6.45, 7) is 9.30. The molecule has 0 bridgehead atoms. The lowest BCUT2D eigenvalue weighted by molar-refractivity contribution is -0.161. The second-order valence-corrected chi connectivity index (χ2v) is 10.0. The molecule has 4 rings (SSSR count). The zero-order valence-electron chi connectivity index (χ0n) is 21.0. The van der Waals surface area contributed by atoms with Gasteiger partial charge in [0, 0.05) is 26.2 Å². The predicted molar refractivity (Wildman–Crippen MR) is 141 cm³/mol. The molecule has 0 aliphatic carbocycles. The summed E-state index contributed by atoms with van der Waals surface area (Å²) < 4.78 is 5.89. The van der Waals surface area contributed by atoms with E-state index in [1.54, 1.807) is 0 Å². The number of likely N-dealkylation sites (tertiary alicyclic amines) is 1. The van der Waals surface area contributed by atoms with E-state index in [-0.39, 0.29) is 30.3 Å². The summed E-state index contributed by atoms with van der Waals surface area (Å²) in [4.78, 5) is 30.9. The van der Waals surface area contributed by atoms with Crippen molar-refractivity contribution in [2.75, 3.05) is 19.6 Å². The lowest BCUT2D eigenvalue weighted by Crippen LogP contribution is -2.73. The summed E-state index contributed by atoms with van der Waals surface area (Å²) in [6, 6.07) is 17.6. The quantitative estimate of drug-likeness (QED) is 0.554. The zero-order chi connectivity index (χ0) is 24.1. The van der Waals surface area contributed by atoms with Crippen LogP contribution in [0.15, 0.2) is 54.6 Å². The number of halogens is 1. The SMILES string of the molecule is CCCN1C(=O)C(CC(C)C)NC(=O)C12CCN(Cc1ccc(Oc3ccccc3)cc1)CC2.Cl. The number of hydrogen-bond acceptors (Lipinski definition) is 4. The van der Waals surface area contributed by atoms with Crippen molar-refractivity contribution < 1.29 is 14.3 Å². The summed E-state index contributed by atoms with van der Waals surface area (Å²) in [5.74, 6) is 2.13. The first-order valence-electron chi connectivity index (χ1n) is 12.6. The Kier molecular flexibility index (Phi) is 9.20. The third kappa shape index (κ3) is 6.17. The van der Waals surface area contributed by atoms with E-state index < -0.39 is 5.54 Å². The van der Waals surface area contributed by atoms with E-state index in [1.807, 2.05) is 47.4 Å². The monoisotopic (exact) mass is 499 g/mol. The first-order chi connectivity index (χ1) is 16.4. The van der Waals surface area contributed by atoms with Crippen LogP contribution in [0.2, 0.25) is 0 Å². The number of para-hydroxylation sites is 1. The van der Waals surface area contributed by atoms with Crippen LogP contribution in [0.25, 0.3) is 0 Å². The van der Waals surface area contributed by atoms with Crippen molar-refractivity contribution >= 4 is 24.2 Å². The van der Waals surface area contributed by atoms with Gasteiger partial charge in [0.1, 0.15) is 23.1 Å². The van der Waals surface area contributed by atoms with Crippen LogP contribution >= 0.6 is 12.4 Å². The number of nitrogens with zero attached hydrogens (tertiary/aromatic N) is 2. The molecule has 2 fully saturated rings. The van der Waals surface area contributed by atoms with Gasteiger partial charge in [0.2, 0.25) is 11.8 Å². The molecule has 0 radical (unpaired) electrons. The number of rotatable bonds is 8. The minimum atomic E-state index is -0.704. The molecule has 2 amide bonds. The molecule has 2 aromatic carbocycles. The molecule has 2 aliphatic heterocycles. The van der Waals surface area contributed by atoms with Gasteiger partial charge in [0.25, 0.3) is 0 Å². The van der Waals surface area contributed by atoms with Crippen LogP contribution in [0.4, 0.5) is 0 Å². The number of hydrogen-bond donors (Lipinski definition) is 1. The molecule has 0 aromatic heterocycles. The topological polar surface area (TPSA) is 61.9 Å². The molecule has 190 valence electrons. The van der Waals surface area contributed by atoms with Crippen LogP contribution in [0.1, 0.15) is 52.0 Å². The predicted octanol–water partition coefficient (Wildman–Crippen LogP) is 5.02. The molecule has 2 heterocycles. The Hall–Kier alpha value is -2.57. The van der Waals surface area contributed by atoms with Crippen LogP contribution in [-0.4, -0.2) is 52.8 Å². The van der Waals surface area contributed by atoms with Crippen LogP contribution in [-0.2, 0) is 16.1 Å². The molecule has 35 heavy (non-hydrogen) atoms. The third-order valence-electron chi connectivity index (χ3n) is 6.95. The van der Waals surface area contributed by atoms with Crippen LogP contribution < -0.4 is 10.1 Å². The first-order valence-corrected chi connectivity index (χ1v) is 12.6. The zero-order valence-corrected chi connectivity index (χ0v) is 21.9. The summed E-state index contributed by atoms with van der Waals surface area (Å²) in [5, 5.41) is 3.07. The molecular formula is C28H38ClN3O3. The van der Waals surface area contributed by atoms with E-state index in [1.165, 1.54) is 5.56 Å². The van der Waals surface area contributed by atoms with Crippen molar-refractivity contribution in [2.45, 2.75) is 64.6 Å². The second-order valence-electron chi connectivity index (χ2n) is 10.0. The normalized spacial score (nSPS) is 20.0. The molecule has 2 saturated heterocycles. The first kappa shape index (κ1) is 27.0. The van der Waals surface area contributed by atoms with Crippen molar-refractivity contribution in [3.8, 4) is 11.5 Å². The van der Waals surface area contributed by atoms with E-state index in [0.717, 1.165) is 37.6 Å². The molecule has 2 aliphatic rings. The van der Waals surface area contributed by atoms with Crippen LogP contribution in [0, 0.1) is 5.92 Å². The summed E-state index contributed by atoms with van der Waals surface area (Å²) in [6.07, 6.45) is 2.90. The van der Waals surface area contributed by atoms with Crippen LogP contribution in [0.3, 0.4) is 0 Å². The molecule has 1 N–H and O–H groups in total. The van der Waals surface area contributed by atoms with E-state index in [4.69, 9.17) is 4.74 Å². The fourth-order valence-corrected chi connectivity index (χ4v) is 5.18. The average molecular weight is 500 g/mol. The summed E-state index contributed by atoms with van der Waals surface area (Å²) >= 11 is 0. The van der Waals surface area contributed by atoms with E-state index in [9.17, 15) is 9.59 Å². The highest BCUT2D eigenvalue weighted by atomic mass is 35.5. The Labute approximate surface area is 215 Å². The van der Waals surface area contributed by atoms with Gasteiger partial charge in [0.05, 0.1) is 0 Å². The minimum absolute atomic E-state index is 0. The highest BCUT2D eigenvalue weighted by Gasteiger charge is 2.53. The van der Waals surface area contributed by atoms with E-state index >= 15 is 0 Å². The Morgan fingerprint density at radius 1 is 1.00 bits per heavy atom. The van der Waals surface area contributed by atoms with Crippen molar-refractivity contribution in [3.05, 3.63) is 60.2 Å². The summed E-state index contributed by atoms with van der Waals surface area (Å²) in [7, 11) is 0.